The smallest absolute Gasteiger partial charge is 0.496 e. The van der Waals surface area contributed by atoms with E-state index in [-0.39, 0.29) is 11.9 Å². The molecule has 0 amide bonds. The number of halogens is 3. The van der Waals surface area contributed by atoms with Crippen molar-refractivity contribution in [3.63, 3.8) is 0 Å². The monoisotopic (exact) mass is 328 g/mol. The van der Waals surface area contributed by atoms with Crippen LogP contribution in [-0.2, 0) is 6.42 Å². The van der Waals surface area contributed by atoms with Gasteiger partial charge in [0.1, 0.15) is 5.75 Å². The van der Waals surface area contributed by atoms with Crippen LogP contribution in [0, 0.1) is 0 Å². The molecule has 1 aromatic heterocycles. The van der Waals surface area contributed by atoms with Crippen LogP contribution in [0.5, 0.6) is 11.6 Å². The van der Waals surface area contributed by atoms with Gasteiger partial charge in [0, 0.05) is 17.0 Å². The molecule has 1 aliphatic heterocycles. The summed E-state index contributed by atoms with van der Waals surface area (Å²) in [4.78, 5) is 4.92. The summed E-state index contributed by atoms with van der Waals surface area (Å²) in [6.07, 6.45) is -2.23. The van der Waals surface area contributed by atoms with Crippen molar-refractivity contribution < 1.29 is 22.6 Å². The maximum Gasteiger partial charge on any atom is 0.574 e. The van der Waals surface area contributed by atoms with E-state index in [4.69, 9.17) is 4.74 Å². The van der Waals surface area contributed by atoms with Crippen molar-refractivity contribution in [1.82, 2.24) is 9.88 Å². The van der Waals surface area contributed by atoms with Crippen molar-refractivity contribution in [2.75, 3.05) is 20.7 Å². The number of nitrogens with zero attached hydrogens (tertiary/aromatic N) is 1. The number of hydrogen-bond acceptors (Lipinski definition) is 3. The largest absolute Gasteiger partial charge is 0.574 e. The van der Waals surface area contributed by atoms with E-state index in [1.165, 1.54) is 7.11 Å². The van der Waals surface area contributed by atoms with Gasteiger partial charge in [0.2, 0.25) is 5.88 Å². The molecule has 1 saturated heterocycles. The molecule has 2 aromatic rings. The van der Waals surface area contributed by atoms with Gasteiger partial charge in [-0.15, -0.1) is 13.2 Å². The second kappa shape index (κ2) is 5.96. The molecule has 1 aromatic carbocycles. The Labute approximate surface area is 132 Å². The van der Waals surface area contributed by atoms with Gasteiger partial charge in [-0.1, -0.05) is 6.07 Å². The van der Waals surface area contributed by atoms with Crippen molar-refractivity contribution in [1.29, 1.82) is 0 Å². The summed E-state index contributed by atoms with van der Waals surface area (Å²) in [5.41, 5.74) is 1.10. The molecular weight excluding hydrogens is 309 g/mol. The van der Waals surface area contributed by atoms with Crippen LogP contribution in [0.25, 0.3) is 10.9 Å². The maximum atomic E-state index is 12.7. The van der Waals surface area contributed by atoms with Gasteiger partial charge in [-0.2, -0.15) is 0 Å². The van der Waals surface area contributed by atoms with E-state index in [9.17, 15) is 13.2 Å². The molecule has 1 aliphatic rings. The molecule has 7 heteroatoms. The van der Waals surface area contributed by atoms with Crippen LogP contribution in [-0.4, -0.2) is 43.0 Å². The highest BCUT2D eigenvalue weighted by atomic mass is 19.4. The van der Waals surface area contributed by atoms with Gasteiger partial charge >= 0.3 is 6.36 Å². The van der Waals surface area contributed by atoms with Crippen LogP contribution in [0.1, 0.15) is 18.4 Å². The van der Waals surface area contributed by atoms with Crippen LogP contribution >= 0.6 is 0 Å². The Hall–Kier alpha value is -1.89. The molecule has 23 heavy (non-hydrogen) atoms. The lowest BCUT2D eigenvalue weighted by Crippen LogP contribution is -2.27. The van der Waals surface area contributed by atoms with Gasteiger partial charge in [0.15, 0.2) is 0 Å². The zero-order valence-corrected chi connectivity index (χ0v) is 13.0. The summed E-state index contributed by atoms with van der Waals surface area (Å²) in [6, 6.07) is 5.41. The van der Waals surface area contributed by atoms with Crippen molar-refractivity contribution in [3.05, 3.63) is 23.8 Å². The van der Waals surface area contributed by atoms with Crippen LogP contribution in [0.4, 0.5) is 13.2 Å². The average Bonchev–Trinajstić information content (AvgIpc) is 3.02. The molecule has 2 heterocycles. The molecule has 0 radical (unpaired) electrons. The van der Waals surface area contributed by atoms with Crippen LogP contribution < -0.4 is 9.47 Å². The minimum absolute atomic E-state index is 0.203. The van der Waals surface area contributed by atoms with E-state index in [1.807, 2.05) is 7.05 Å². The summed E-state index contributed by atoms with van der Waals surface area (Å²) in [5, 5.41) is 0.662. The fraction of sp³-hybridized carbons (Fsp3) is 0.500. The third kappa shape index (κ3) is 3.24. The molecule has 0 aliphatic carbocycles. The lowest BCUT2D eigenvalue weighted by atomic mass is 10.0. The minimum Gasteiger partial charge on any atom is -0.496 e. The first-order valence-corrected chi connectivity index (χ1v) is 7.52. The first kappa shape index (κ1) is 16.0. The lowest BCUT2D eigenvalue weighted by Gasteiger charge is -2.20. The predicted octanol–water partition coefficient (Wildman–Crippen LogP) is 3.71. The highest BCUT2D eigenvalue weighted by Gasteiger charge is 2.35. The fourth-order valence-electron chi connectivity index (χ4n) is 3.30. The lowest BCUT2D eigenvalue weighted by molar-refractivity contribution is -0.276. The number of aromatic nitrogens is 1. The number of ether oxygens (including phenoxy) is 2. The number of hydrogen-bond donors (Lipinski definition) is 1. The van der Waals surface area contributed by atoms with Crippen molar-refractivity contribution in [2.45, 2.75) is 31.7 Å². The number of nitrogens with one attached hydrogen (secondary N) is 1. The zero-order chi connectivity index (χ0) is 16.6. The number of alkyl halides is 3. The highest BCUT2D eigenvalue weighted by Crippen LogP contribution is 2.39. The van der Waals surface area contributed by atoms with Gasteiger partial charge < -0.3 is 19.4 Å². The molecule has 0 unspecified atom stereocenters. The second-order valence-electron chi connectivity index (χ2n) is 5.84. The Morgan fingerprint density at radius 1 is 1.35 bits per heavy atom. The van der Waals surface area contributed by atoms with Crippen LogP contribution in [0.2, 0.25) is 0 Å². The SMILES string of the molecule is COc1cccc2[nH]c(OC(F)(F)F)c(C[C@H]3CCCN3C)c12. The first-order chi connectivity index (χ1) is 10.9. The van der Waals surface area contributed by atoms with E-state index < -0.39 is 6.36 Å². The quantitative estimate of drug-likeness (QED) is 0.930. The van der Waals surface area contributed by atoms with Crippen LogP contribution in [0.15, 0.2) is 18.2 Å². The molecule has 1 N–H and O–H groups in total. The predicted molar refractivity (Wildman–Crippen MR) is 80.9 cm³/mol. The van der Waals surface area contributed by atoms with E-state index in [2.05, 4.69) is 14.6 Å². The Balaban J connectivity index is 2.08. The number of likely N-dealkylation sites (N-methyl/N-ethyl adjacent to an activating group) is 1. The molecule has 3 rings (SSSR count). The number of likely N-dealkylation sites (tertiary alicyclic amines) is 1. The number of aromatic amines is 1. The van der Waals surface area contributed by atoms with Gasteiger partial charge in [-0.05, 0) is 45.0 Å². The molecular formula is C16H19F3N2O2. The Morgan fingerprint density at radius 2 is 2.13 bits per heavy atom. The van der Waals surface area contributed by atoms with E-state index in [0.29, 0.717) is 28.6 Å². The molecule has 0 spiro atoms. The van der Waals surface area contributed by atoms with Gasteiger partial charge in [0.05, 0.1) is 12.6 Å². The number of methoxy groups -OCH3 is 1. The van der Waals surface area contributed by atoms with Crippen molar-refractivity contribution >= 4 is 10.9 Å². The summed E-state index contributed by atoms with van der Waals surface area (Å²) in [7, 11) is 3.51. The Kier molecular flexibility index (Phi) is 4.14. The topological polar surface area (TPSA) is 37.5 Å². The third-order valence-corrected chi connectivity index (χ3v) is 4.40. The summed E-state index contributed by atoms with van der Waals surface area (Å²) >= 11 is 0. The van der Waals surface area contributed by atoms with E-state index in [1.54, 1.807) is 18.2 Å². The van der Waals surface area contributed by atoms with E-state index in [0.717, 1.165) is 19.4 Å². The fourth-order valence-corrected chi connectivity index (χ4v) is 3.30. The second-order valence-corrected chi connectivity index (χ2v) is 5.84. The molecule has 4 nitrogen and oxygen atoms in total. The number of rotatable bonds is 4. The normalized spacial score (nSPS) is 19.4. The standard InChI is InChI=1S/C16H19F3N2O2/c1-21-8-4-5-10(21)9-11-14-12(6-3-7-13(14)22-2)20-15(11)23-16(17,18)19/h3,6-7,10,20H,4-5,8-9H2,1-2H3/t10-/m1/s1. The zero-order valence-electron chi connectivity index (χ0n) is 13.0. The summed E-state index contributed by atoms with van der Waals surface area (Å²) in [6.45, 7) is 0.958. The number of H-pyrrole nitrogens is 1. The van der Waals surface area contributed by atoms with Gasteiger partial charge in [-0.3, -0.25) is 0 Å². The van der Waals surface area contributed by atoms with Crippen molar-refractivity contribution in [2.24, 2.45) is 0 Å². The average molecular weight is 328 g/mol. The maximum absolute atomic E-state index is 12.7. The van der Waals surface area contributed by atoms with Crippen molar-refractivity contribution in [3.8, 4) is 11.6 Å². The molecule has 126 valence electrons. The molecule has 0 saturated carbocycles. The Bertz CT molecular complexity index is 696. The van der Waals surface area contributed by atoms with E-state index >= 15 is 0 Å². The first-order valence-electron chi connectivity index (χ1n) is 7.52. The molecule has 1 atom stereocenters. The van der Waals surface area contributed by atoms with Gasteiger partial charge in [0.25, 0.3) is 0 Å². The summed E-state index contributed by atoms with van der Waals surface area (Å²) in [5.74, 6) is 0.309. The number of fused-ring (bicyclic) bond motifs is 1. The van der Waals surface area contributed by atoms with Crippen LogP contribution in [0.3, 0.4) is 0 Å². The summed E-state index contributed by atoms with van der Waals surface area (Å²) < 4.78 is 47.8. The molecule has 1 fully saturated rings. The number of benzene rings is 1. The minimum atomic E-state index is -4.73. The highest BCUT2D eigenvalue weighted by molar-refractivity contribution is 5.91. The Morgan fingerprint density at radius 3 is 2.74 bits per heavy atom. The van der Waals surface area contributed by atoms with Gasteiger partial charge in [-0.25, -0.2) is 0 Å². The molecule has 0 bridgehead atoms. The third-order valence-electron chi connectivity index (χ3n) is 4.40.